The summed E-state index contributed by atoms with van der Waals surface area (Å²) >= 11 is 6.04. The molecule has 122 valence electrons. The molecule has 2 aromatic heterocycles. The number of aromatic nitrogens is 2. The lowest BCUT2D eigenvalue weighted by molar-refractivity contribution is 0.631. The van der Waals surface area contributed by atoms with Crippen molar-refractivity contribution >= 4 is 33.9 Å². The van der Waals surface area contributed by atoms with Crippen molar-refractivity contribution in [3.63, 3.8) is 0 Å². The van der Waals surface area contributed by atoms with E-state index in [4.69, 9.17) is 11.6 Å². The summed E-state index contributed by atoms with van der Waals surface area (Å²) in [5.41, 5.74) is 3.40. The van der Waals surface area contributed by atoms with Crippen molar-refractivity contribution in [2.45, 2.75) is 0 Å². The quantitative estimate of drug-likeness (QED) is 0.505. The lowest BCUT2D eigenvalue weighted by atomic mass is 10.1. The predicted octanol–water partition coefficient (Wildman–Crippen LogP) is 5.83. The number of para-hydroxylation sites is 1. The van der Waals surface area contributed by atoms with Crippen LogP contribution in [0.25, 0.3) is 22.2 Å². The fourth-order valence-corrected chi connectivity index (χ4v) is 2.87. The molecule has 0 bridgehead atoms. The van der Waals surface area contributed by atoms with Gasteiger partial charge in [0.05, 0.1) is 16.9 Å². The van der Waals surface area contributed by atoms with E-state index in [2.05, 4.69) is 15.3 Å². The lowest BCUT2D eigenvalue weighted by Gasteiger charge is -2.12. The maximum absolute atomic E-state index is 14.3. The summed E-state index contributed by atoms with van der Waals surface area (Å²) < 4.78 is 14.3. The Morgan fingerprint density at radius 1 is 0.920 bits per heavy atom. The van der Waals surface area contributed by atoms with Crippen molar-refractivity contribution in [2.75, 3.05) is 5.32 Å². The van der Waals surface area contributed by atoms with Gasteiger partial charge >= 0.3 is 0 Å². The fourth-order valence-electron chi connectivity index (χ4n) is 2.70. The Balaban J connectivity index is 1.91. The first-order chi connectivity index (χ1) is 12.2. The van der Waals surface area contributed by atoms with Crippen molar-refractivity contribution < 1.29 is 4.39 Å². The molecule has 2 aromatic carbocycles. The topological polar surface area (TPSA) is 37.8 Å². The highest BCUT2D eigenvalue weighted by Crippen LogP contribution is 2.32. The zero-order valence-corrected chi connectivity index (χ0v) is 13.8. The molecule has 0 amide bonds. The van der Waals surface area contributed by atoms with Crippen LogP contribution in [0.15, 0.2) is 73.1 Å². The number of pyridine rings is 2. The molecule has 0 spiro atoms. The minimum Gasteiger partial charge on any atom is -0.355 e. The Labute approximate surface area is 149 Å². The highest BCUT2D eigenvalue weighted by molar-refractivity contribution is 6.30. The second-order valence-electron chi connectivity index (χ2n) is 5.56. The summed E-state index contributed by atoms with van der Waals surface area (Å²) in [7, 11) is 0. The summed E-state index contributed by atoms with van der Waals surface area (Å²) in [6, 6.07) is 17.8. The fraction of sp³-hybridized carbons (Fsp3) is 0. The van der Waals surface area contributed by atoms with Gasteiger partial charge in [-0.15, -0.1) is 0 Å². The standard InChI is InChI=1S/C20H13ClFN3/c21-13-5-6-17(22)16(11-13)20-12-19(24-14-7-9-23-10-8-14)15-3-1-2-4-18(15)25-20/h1-12H,(H,23,24,25). The van der Waals surface area contributed by atoms with Gasteiger partial charge in [-0.05, 0) is 42.5 Å². The molecule has 0 aliphatic rings. The van der Waals surface area contributed by atoms with Crippen molar-refractivity contribution in [1.29, 1.82) is 0 Å². The van der Waals surface area contributed by atoms with E-state index in [0.717, 1.165) is 22.3 Å². The van der Waals surface area contributed by atoms with Crippen LogP contribution in [0.2, 0.25) is 5.02 Å². The first-order valence-corrected chi connectivity index (χ1v) is 8.11. The van der Waals surface area contributed by atoms with Crippen molar-refractivity contribution in [3.8, 4) is 11.3 Å². The van der Waals surface area contributed by atoms with Crippen LogP contribution in [-0.4, -0.2) is 9.97 Å². The molecule has 0 aliphatic carbocycles. The van der Waals surface area contributed by atoms with Gasteiger partial charge in [0.2, 0.25) is 0 Å². The Morgan fingerprint density at radius 3 is 2.56 bits per heavy atom. The molecule has 2 heterocycles. The average molecular weight is 350 g/mol. The number of hydrogen-bond acceptors (Lipinski definition) is 3. The Hall–Kier alpha value is -2.98. The van der Waals surface area contributed by atoms with Gasteiger partial charge in [-0.1, -0.05) is 29.8 Å². The molecule has 4 aromatic rings. The van der Waals surface area contributed by atoms with Crippen LogP contribution in [-0.2, 0) is 0 Å². The second-order valence-corrected chi connectivity index (χ2v) is 5.99. The molecule has 0 aliphatic heterocycles. The minimum absolute atomic E-state index is 0.359. The van der Waals surface area contributed by atoms with E-state index >= 15 is 0 Å². The highest BCUT2D eigenvalue weighted by atomic mass is 35.5. The zero-order valence-electron chi connectivity index (χ0n) is 13.1. The lowest BCUT2D eigenvalue weighted by Crippen LogP contribution is -1.96. The van der Waals surface area contributed by atoms with Gasteiger partial charge in [0, 0.05) is 34.1 Å². The van der Waals surface area contributed by atoms with E-state index in [-0.39, 0.29) is 5.82 Å². The number of nitrogens with one attached hydrogen (secondary N) is 1. The van der Waals surface area contributed by atoms with E-state index in [9.17, 15) is 4.39 Å². The molecule has 0 unspecified atom stereocenters. The molecule has 0 saturated carbocycles. The molecular weight excluding hydrogens is 337 g/mol. The van der Waals surface area contributed by atoms with Gasteiger partial charge in [0.25, 0.3) is 0 Å². The summed E-state index contributed by atoms with van der Waals surface area (Å²) in [5, 5.41) is 4.77. The molecular formula is C20H13ClFN3. The van der Waals surface area contributed by atoms with E-state index in [1.54, 1.807) is 18.5 Å². The number of nitrogens with zero attached hydrogens (tertiary/aromatic N) is 2. The number of fused-ring (bicyclic) bond motifs is 1. The van der Waals surface area contributed by atoms with Crippen molar-refractivity contribution in [1.82, 2.24) is 9.97 Å². The third-order valence-electron chi connectivity index (χ3n) is 3.88. The van der Waals surface area contributed by atoms with Crippen LogP contribution in [0.3, 0.4) is 0 Å². The largest absolute Gasteiger partial charge is 0.355 e. The summed E-state index contributed by atoms with van der Waals surface area (Å²) in [6.07, 6.45) is 3.42. The first-order valence-electron chi connectivity index (χ1n) is 7.73. The van der Waals surface area contributed by atoms with Gasteiger partial charge in [-0.25, -0.2) is 9.37 Å². The maximum Gasteiger partial charge on any atom is 0.132 e. The SMILES string of the molecule is Fc1ccc(Cl)cc1-c1cc(Nc2ccncc2)c2ccccc2n1. The highest BCUT2D eigenvalue weighted by Gasteiger charge is 2.12. The maximum atomic E-state index is 14.3. The van der Waals surface area contributed by atoms with Gasteiger partial charge in [0.15, 0.2) is 0 Å². The summed E-state index contributed by atoms with van der Waals surface area (Å²) in [4.78, 5) is 8.62. The zero-order chi connectivity index (χ0) is 17.2. The molecule has 0 atom stereocenters. The van der Waals surface area contributed by atoms with E-state index < -0.39 is 0 Å². The van der Waals surface area contributed by atoms with Crippen LogP contribution in [0.5, 0.6) is 0 Å². The second kappa shape index (κ2) is 6.49. The normalized spacial score (nSPS) is 10.8. The molecule has 0 saturated heterocycles. The average Bonchev–Trinajstić information content (AvgIpc) is 2.64. The summed E-state index contributed by atoms with van der Waals surface area (Å²) in [6.45, 7) is 0. The van der Waals surface area contributed by atoms with Crippen molar-refractivity contribution in [3.05, 3.63) is 83.9 Å². The number of halogens is 2. The third-order valence-corrected chi connectivity index (χ3v) is 4.11. The van der Waals surface area contributed by atoms with Crippen LogP contribution in [0.1, 0.15) is 0 Å². The minimum atomic E-state index is -0.359. The number of benzene rings is 2. The molecule has 25 heavy (non-hydrogen) atoms. The van der Waals surface area contributed by atoms with Crippen LogP contribution >= 0.6 is 11.6 Å². The molecule has 0 fully saturated rings. The van der Waals surface area contributed by atoms with Crippen LogP contribution < -0.4 is 5.32 Å². The van der Waals surface area contributed by atoms with Gasteiger partial charge < -0.3 is 5.32 Å². The molecule has 0 radical (unpaired) electrons. The molecule has 1 N–H and O–H groups in total. The number of anilines is 2. The predicted molar refractivity (Wildman–Crippen MR) is 99.7 cm³/mol. The molecule has 5 heteroatoms. The van der Waals surface area contributed by atoms with Crippen molar-refractivity contribution in [2.24, 2.45) is 0 Å². The first kappa shape index (κ1) is 15.5. The smallest absolute Gasteiger partial charge is 0.132 e. The van der Waals surface area contributed by atoms with Gasteiger partial charge in [0.1, 0.15) is 5.82 Å². The molecule has 3 nitrogen and oxygen atoms in total. The number of rotatable bonds is 3. The number of hydrogen-bond donors (Lipinski definition) is 1. The van der Waals surface area contributed by atoms with Gasteiger partial charge in [-0.3, -0.25) is 4.98 Å². The van der Waals surface area contributed by atoms with E-state index in [1.807, 2.05) is 42.5 Å². The van der Waals surface area contributed by atoms with E-state index in [0.29, 0.717) is 16.3 Å². The Morgan fingerprint density at radius 2 is 1.72 bits per heavy atom. The van der Waals surface area contributed by atoms with Crippen LogP contribution in [0.4, 0.5) is 15.8 Å². The van der Waals surface area contributed by atoms with Crippen LogP contribution in [0, 0.1) is 5.82 Å². The monoisotopic (exact) mass is 349 g/mol. The Bertz CT molecular complexity index is 1050. The summed E-state index contributed by atoms with van der Waals surface area (Å²) in [5.74, 6) is -0.359. The van der Waals surface area contributed by atoms with E-state index in [1.165, 1.54) is 12.1 Å². The van der Waals surface area contributed by atoms with Gasteiger partial charge in [-0.2, -0.15) is 0 Å². The third kappa shape index (κ3) is 3.16. The Kier molecular flexibility index (Phi) is 4.04. The molecule has 4 rings (SSSR count).